The van der Waals surface area contributed by atoms with Crippen LogP contribution in [0.2, 0.25) is 0 Å². The van der Waals surface area contributed by atoms with Crippen LogP contribution in [0.3, 0.4) is 0 Å². The third-order valence-electron chi connectivity index (χ3n) is 2.83. The van der Waals surface area contributed by atoms with Crippen LogP contribution >= 0.6 is 12.6 Å². The van der Waals surface area contributed by atoms with E-state index in [4.69, 9.17) is 4.42 Å². The number of thiol groups is 1. The van der Waals surface area contributed by atoms with Crippen molar-refractivity contribution in [3.8, 4) is 0 Å². The molecule has 0 aliphatic heterocycles. The summed E-state index contributed by atoms with van der Waals surface area (Å²) in [5.41, 5.74) is 2.63. The number of benzene rings is 2. The smallest absolute Gasteiger partial charge is 0.190 e. The van der Waals surface area contributed by atoms with Gasteiger partial charge < -0.3 is 4.42 Å². The molecule has 3 rings (SSSR count). The molecule has 1 aromatic heterocycles. The predicted molar refractivity (Wildman–Crippen MR) is 71.4 cm³/mol. The zero-order valence-corrected chi connectivity index (χ0v) is 9.91. The van der Waals surface area contributed by atoms with Crippen molar-refractivity contribution in [2.75, 3.05) is 0 Å². The van der Waals surface area contributed by atoms with Gasteiger partial charge in [0, 0.05) is 17.2 Å². The quantitative estimate of drug-likeness (QED) is 0.696. The number of carbonyl (C=O) groups is 1. The molecule has 3 heteroatoms. The largest absolute Gasteiger partial charge is 0.456 e. The summed E-state index contributed by atoms with van der Waals surface area (Å²) in [5.74, 6) is 0. The minimum Gasteiger partial charge on any atom is -0.456 e. The minimum atomic E-state index is -0.136. The molecule has 0 saturated heterocycles. The Balaban J connectivity index is 2.39. The fourth-order valence-electron chi connectivity index (χ4n) is 2.16. The molecule has 0 radical (unpaired) electrons. The maximum atomic E-state index is 11.1. The molecule has 84 valence electrons. The Kier molecular flexibility index (Phi) is 2.41. The van der Waals surface area contributed by atoms with Crippen LogP contribution in [0.5, 0.6) is 0 Å². The van der Waals surface area contributed by atoms with Crippen LogP contribution in [-0.2, 0) is 11.2 Å². The van der Waals surface area contributed by atoms with E-state index < -0.39 is 0 Å². The molecular weight excluding hydrogens is 232 g/mol. The molecule has 0 aliphatic carbocycles. The summed E-state index contributed by atoms with van der Waals surface area (Å²) in [6, 6.07) is 13.6. The van der Waals surface area contributed by atoms with E-state index in [9.17, 15) is 4.79 Å². The zero-order valence-electron chi connectivity index (χ0n) is 9.01. The maximum Gasteiger partial charge on any atom is 0.190 e. The van der Waals surface area contributed by atoms with Crippen molar-refractivity contribution in [2.45, 2.75) is 6.42 Å². The molecule has 3 aromatic rings. The normalized spacial score (nSPS) is 11.1. The van der Waals surface area contributed by atoms with Crippen LogP contribution < -0.4 is 0 Å². The Labute approximate surface area is 104 Å². The Morgan fingerprint density at radius 2 is 1.82 bits per heavy atom. The molecule has 17 heavy (non-hydrogen) atoms. The lowest BCUT2D eigenvalue weighted by molar-refractivity contribution is -0.110. The lowest BCUT2D eigenvalue weighted by Gasteiger charge is -1.99. The fourth-order valence-corrected chi connectivity index (χ4v) is 2.33. The van der Waals surface area contributed by atoms with Gasteiger partial charge >= 0.3 is 0 Å². The third-order valence-corrected chi connectivity index (χ3v) is 2.99. The molecule has 2 aromatic carbocycles. The van der Waals surface area contributed by atoms with E-state index in [1.807, 2.05) is 42.5 Å². The zero-order chi connectivity index (χ0) is 11.8. The second kappa shape index (κ2) is 3.93. The van der Waals surface area contributed by atoms with Crippen molar-refractivity contribution in [3.63, 3.8) is 0 Å². The van der Waals surface area contributed by atoms with E-state index in [-0.39, 0.29) is 5.12 Å². The Hall–Kier alpha value is -1.74. The van der Waals surface area contributed by atoms with Gasteiger partial charge in [-0.15, -0.1) is 12.6 Å². The van der Waals surface area contributed by atoms with Crippen molar-refractivity contribution in [1.82, 2.24) is 0 Å². The summed E-state index contributed by atoms with van der Waals surface area (Å²) in [6.07, 6.45) is 0.323. The molecule has 0 amide bonds. The van der Waals surface area contributed by atoms with Gasteiger partial charge in [-0.3, -0.25) is 4.79 Å². The summed E-state index contributed by atoms with van der Waals surface area (Å²) in [7, 11) is 0. The number of rotatable bonds is 2. The first-order chi connectivity index (χ1) is 8.25. The molecule has 1 heterocycles. The average Bonchev–Trinajstić information content (AvgIpc) is 2.67. The van der Waals surface area contributed by atoms with Crippen molar-refractivity contribution in [3.05, 3.63) is 48.0 Å². The SMILES string of the molecule is O=C(S)Cc1cccc2oc3ccccc3c12. The Bertz CT molecular complexity index is 712. The van der Waals surface area contributed by atoms with Crippen molar-refractivity contribution < 1.29 is 9.21 Å². The molecule has 0 spiro atoms. The van der Waals surface area contributed by atoms with E-state index >= 15 is 0 Å². The van der Waals surface area contributed by atoms with Gasteiger partial charge in [0.25, 0.3) is 0 Å². The molecule has 0 aliphatic rings. The summed E-state index contributed by atoms with van der Waals surface area (Å²) in [6.45, 7) is 0. The highest BCUT2D eigenvalue weighted by Gasteiger charge is 2.11. The van der Waals surface area contributed by atoms with Crippen LogP contribution in [0.15, 0.2) is 46.9 Å². The lowest BCUT2D eigenvalue weighted by Crippen LogP contribution is -1.93. The summed E-state index contributed by atoms with van der Waals surface area (Å²) in [5, 5.41) is 1.93. The van der Waals surface area contributed by atoms with Crippen molar-refractivity contribution in [1.29, 1.82) is 0 Å². The van der Waals surface area contributed by atoms with Gasteiger partial charge in [-0.25, -0.2) is 0 Å². The van der Waals surface area contributed by atoms with Crippen LogP contribution in [0.1, 0.15) is 5.56 Å². The van der Waals surface area contributed by atoms with Gasteiger partial charge in [0.15, 0.2) is 5.12 Å². The molecular formula is C14H10O2S. The van der Waals surface area contributed by atoms with Crippen molar-refractivity contribution in [2.24, 2.45) is 0 Å². The van der Waals surface area contributed by atoms with Crippen molar-refractivity contribution >= 4 is 39.7 Å². The Morgan fingerprint density at radius 3 is 2.65 bits per heavy atom. The number of hydrogen-bond donors (Lipinski definition) is 1. The monoisotopic (exact) mass is 242 g/mol. The second-order valence-corrected chi connectivity index (χ2v) is 4.46. The number of hydrogen-bond acceptors (Lipinski definition) is 2. The highest BCUT2D eigenvalue weighted by atomic mass is 32.1. The lowest BCUT2D eigenvalue weighted by atomic mass is 10.0. The first kappa shape index (κ1) is 10.4. The standard InChI is InChI=1S/C14H10O2S/c15-13(17)8-9-4-3-7-12-14(9)10-5-1-2-6-11(10)16-12/h1-7H,8H2,(H,15,17). The molecule has 0 N–H and O–H groups in total. The highest BCUT2D eigenvalue weighted by Crippen LogP contribution is 2.31. The highest BCUT2D eigenvalue weighted by molar-refractivity contribution is 7.96. The van der Waals surface area contributed by atoms with Crippen LogP contribution in [0.4, 0.5) is 0 Å². The summed E-state index contributed by atoms with van der Waals surface area (Å²) < 4.78 is 5.74. The van der Waals surface area contributed by atoms with E-state index in [1.165, 1.54) is 0 Å². The van der Waals surface area contributed by atoms with Gasteiger partial charge in [0.1, 0.15) is 11.2 Å². The van der Waals surface area contributed by atoms with E-state index in [0.29, 0.717) is 6.42 Å². The van der Waals surface area contributed by atoms with Gasteiger partial charge in [-0.2, -0.15) is 0 Å². The molecule has 0 atom stereocenters. The van der Waals surface area contributed by atoms with Gasteiger partial charge in [0.2, 0.25) is 0 Å². The van der Waals surface area contributed by atoms with Crippen LogP contribution in [-0.4, -0.2) is 5.12 Å². The van der Waals surface area contributed by atoms with E-state index in [1.54, 1.807) is 0 Å². The van der Waals surface area contributed by atoms with Gasteiger partial charge in [-0.1, -0.05) is 30.3 Å². The Morgan fingerprint density at radius 1 is 1.06 bits per heavy atom. The van der Waals surface area contributed by atoms with Crippen LogP contribution in [0, 0.1) is 0 Å². The second-order valence-electron chi connectivity index (χ2n) is 3.96. The first-order valence-corrected chi connectivity index (χ1v) is 5.81. The van der Waals surface area contributed by atoms with Crippen LogP contribution in [0.25, 0.3) is 21.9 Å². The van der Waals surface area contributed by atoms with Gasteiger partial charge in [-0.05, 0) is 17.7 Å². The fraction of sp³-hybridized carbons (Fsp3) is 0.0714. The molecule has 2 nitrogen and oxygen atoms in total. The topological polar surface area (TPSA) is 30.2 Å². The molecule has 0 bridgehead atoms. The molecule has 0 fully saturated rings. The average molecular weight is 242 g/mol. The van der Waals surface area contributed by atoms with E-state index in [2.05, 4.69) is 12.6 Å². The summed E-state index contributed by atoms with van der Waals surface area (Å²) >= 11 is 3.84. The van der Waals surface area contributed by atoms with E-state index in [0.717, 1.165) is 27.5 Å². The number of fused-ring (bicyclic) bond motifs is 3. The minimum absolute atomic E-state index is 0.136. The van der Waals surface area contributed by atoms with Gasteiger partial charge in [0.05, 0.1) is 0 Å². The third kappa shape index (κ3) is 1.72. The predicted octanol–water partition coefficient (Wildman–Crippen LogP) is 3.58. The molecule has 0 unspecified atom stereocenters. The molecule has 0 saturated carbocycles. The number of para-hydroxylation sites is 1. The summed E-state index contributed by atoms with van der Waals surface area (Å²) in [4.78, 5) is 11.1. The number of carbonyl (C=O) groups excluding carboxylic acids is 1. The number of furan rings is 1. The maximum absolute atomic E-state index is 11.1. The first-order valence-electron chi connectivity index (χ1n) is 5.36.